The van der Waals surface area contributed by atoms with Crippen molar-refractivity contribution in [1.29, 1.82) is 0 Å². The van der Waals surface area contributed by atoms with Crippen LogP contribution in [0.15, 0.2) is 35.4 Å². The third kappa shape index (κ3) is 3.61. The molecule has 0 radical (unpaired) electrons. The Morgan fingerprint density at radius 1 is 0.625 bits per heavy atom. The topological polar surface area (TPSA) is 64.7 Å². The Morgan fingerprint density at radius 3 is 1.28 bits per heavy atom. The third-order valence-corrected chi connectivity index (χ3v) is 6.18. The van der Waals surface area contributed by atoms with Crippen molar-refractivity contribution in [3.8, 4) is 0 Å². The highest BCUT2D eigenvalue weighted by atomic mass is 35.5. The fourth-order valence-corrected chi connectivity index (χ4v) is 5.33. The van der Waals surface area contributed by atoms with E-state index < -0.39 is 11.8 Å². The standard InChI is InChI=1S/C22H18Cl4N4O2/c1-29(2)19-11(5-9(23)7-13(19)25)17-15-16(22(32)27-17)18(28-21(15)31)12-6-10(24)8-14(26)20(12)30(3)4/h5-8H,1-4H3,(H,27,32)(H,28,31). The number of amides is 2. The zero-order valence-electron chi connectivity index (χ0n) is 17.5. The van der Waals surface area contributed by atoms with E-state index in [-0.39, 0.29) is 11.1 Å². The smallest absolute Gasteiger partial charge is 0.258 e. The van der Waals surface area contributed by atoms with Crippen LogP contribution in [0, 0.1) is 0 Å². The number of carbonyl (C=O) groups is 2. The number of nitrogens with zero attached hydrogens (tertiary/aromatic N) is 2. The van der Waals surface area contributed by atoms with Gasteiger partial charge in [0.05, 0.1) is 44.0 Å². The van der Waals surface area contributed by atoms with Gasteiger partial charge in [0.25, 0.3) is 11.8 Å². The van der Waals surface area contributed by atoms with Crippen LogP contribution in [0.1, 0.15) is 11.1 Å². The number of halogens is 4. The molecule has 2 aromatic carbocycles. The van der Waals surface area contributed by atoms with Gasteiger partial charge in [-0.25, -0.2) is 0 Å². The molecule has 4 rings (SSSR count). The van der Waals surface area contributed by atoms with Gasteiger partial charge in [-0.15, -0.1) is 0 Å². The van der Waals surface area contributed by atoms with Crippen LogP contribution in [0.25, 0.3) is 11.4 Å². The van der Waals surface area contributed by atoms with Crippen molar-refractivity contribution in [2.24, 2.45) is 0 Å². The molecule has 0 saturated heterocycles. The van der Waals surface area contributed by atoms with Crippen LogP contribution in [0.5, 0.6) is 0 Å². The van der Waals surface area contributed by atoms with Gasteiger partial charge in [-0.2, -0.15) is 0 Å². The number of fused-ring (bicyclic) bond motifs is 1. The molecule has 0 bridgehead atoms. The van der Waals surface area contributed by atoms with Crippen LogP contribution in [0.2, 0.25) is 20.1 Å². The number of benzene rings is 2. The minimum atomic E-state index is -0.426. The summed E-state index contributed by atoms with van der Waals surface area (Å²) in [6, 6.07) is 6.55. The SMILES string of the molecule is CN(C)c1c(Cl)cc(Cl)cc1C1=C2C(=O)NC(c3cc(Cl)cc(Cl)c3N(C)C)=C2C(=O)N1. The van der Waals surface area contributed by atoms with Gasteiger partial charge < -0.3 is 20.4 Å². The van der Waals surface area contributed by atoms with Crippen LogP contribution < -0.4 is 20.4 Å². The second-order valence-electron chi connectivity index (χ2n) is 7.76. The highest BCUT2D eigenvalue weighted by molar-refractivity contribution is 6.39. The first-order chi connectivity index (χ1) is 15.0. The van der Waals surface area contributed by atoms with E-state index in [1.807, 2.05) is 28.2 Å². The Kier molecular flexibility index (Phi) is 5.84. The molecule has 6 nitrogen and oxygen atoms in total. The van der Waals surface area contributed by atoms with Crippen molar-refractivity contribution in [2.75, 3.05) is 38.0 Å². The summed E-state index contributed by atoms with van der Waals surface area (Å²) in [6.07, 6.45) is 0. The average molecular weight is 512 g/mol. The summed E-state index contributed by atoms with van der Waals surface area (Å²) in [7, 11) is 7.26. The van der Waals surface area contributed by atoms with Crippen molar-refractivity contribution in [3.05, 3.63) is 66.6 Å². The van der Waals surface area contributed by atoms with Gasteiger partial charge >= 0.3 is 0 Å². The number of anilines is 2. The van der Waals surface area contributed by atoms with E-state index in [2.05, 4.69) is 10.6 Å². The summed E-state index contributed by atoms with van der Waals surface area (Å²) in [5.41, 5.74) is 3.44. The summed E-state index contributed by atoms with van der Waals surface area (Å²) >= 11 is 25.4. The second kappa shape index (κ2) is 8.19. The van der Waals surface area contributed by atoms with Crippen LogP contribution in [0.3, 0.4) is 0 Å². The molecule has 32 heavy (non-hydrogen) atoms. The van der Waals surface area contributed by atoms with Gasteiger partial charge in [-0.3, -0.25) is 9.59 Å². The molecule has 0 spiro atoms. The molecular weight excluding hydrogens is 494 g/mol. The van der Waals surface area contributed by atoms with Crippen LogP contribution in [-0.4, -0.2) is 40.0 Å². The van der Waals surface area contributed by atoms with Gasteiger partial charge in [0.1, 0.15) is 0 Å². The van der Waals surface area contributed by atoms with Gasteiger partial charge in [0.15, 0.2) is 0 Å². The van der Waals surface area contributed by atoms with E-state index in [1.165, 1.54) is 0 Å². The molecule has 2 aromatic rings. The normalized spacial score (nSPS) is 15.2. The Hall–Kier alpha value is -2.38. The lowest BCUT2D eigenvalue weighted by molar-refractivity contribution is -0.117. The molecule has 0 unspecified atom stereocenters. The van der Waals surface area contributed by atoms with E-state index >= 15 is 0 Å². The van der Waals surface area contributed by atoms with Crippen molar-refractivity contribution < 1.29 is 9.59 Å². The van der Waals surface area contributed by atoms with E-state index in [9.17, 15) is 9.59 Å². The van der Waals surface area contributed by atoms with Gasteiger partial charge in [0.2, 0.25) is 0 Å². The molecule has 10 heteroatoms. The molecule has 2 aliphatic rings. The molecule has 2 aliphatic heterocycles. The lowest BCUT2D eigenvalue weighted by Gasteiger charge is -2.21. The molecule has 0 fully saturated rings. The quantitative estimate of drug-likeness (QED) is 0.618. The summed E-state index contributed by atoms with van der Waals surface area (Å²) in [5, 5.41) is 7.21. The fourth-order valence-electron chi connectivity index (χ4n) is 4.01. The zero-order chi connectivity index (χ0) is 23.5. The zero-order valence-corrected chi connectivity index (χ0v) is 20.6. The molecular formula is C22H18Cl4N4O2. The van der Waals surface area contributed by atoms with Crippen LogP contribution >= 0.6 is 46.4 Å². The van der Waals surface area contributed by atoms with E-state index in [0.29, 0.717) is 54.0 Å². The number of carbonyl (C=O) groups excluding carboxylic acids is 2. The minimum absolute atomic E-state index is 0.215. The van der Waals surface area contributed by atoms with E-state index in [0.717, 1.165) is 0 Å². The molecule has 2 amide bonds. The Bertz CT molecular complexity index is 1170. The maximum Gasteiger partial charge on any atom is 0.258 e. The number of rotatable bonds is 4. The molecule has 0 atom stereocenters. The van der Waals surface area contributed by atoms with E-state index in [4.69, 9.17) is 46.4 Å². The highest BCUT2D eigenvalue weighted by Crippen LogP contribution is 2.45. The average Bonchev–Trinajstić information content (AvgIpc) is 3.18. The van der Waals surface area contributed by atoms with Crippen LogP contribution in [0.4, 0.5) is 11.4 Å². The first-order valence-corrected chi connectivity index (χ1v) is 11.0. The fraction of sp³-hybridized carbons (Fsp3) is 0.182. The summed E-state index contributed by atoms with van der Waals surface area (Å²) in [6.45, 7) is 0. The van der Waals surface area contributed by atoms with Gasteiger partial charge in [-0.05, 0) is 24.3 Å². The Balaban J connectivity index is 2.03. The first-order valence-electron chi connectivity index (χ1n) is 9.46. The molecule has 0 aliphatic carbocycles. The van der Waals surface area contributed by atoms with Gasteiger partial charge in [-0.1, -0.05) is 46.4 Å². The minimum Gasteiger partial charge on any atom is -0.376 e. The molecule has 166 valence electrons. The van der Waals surface area contributed by atoms with Crippen molar-refractivity contribution >= 4 is 81.0 Å². The monoisotopic (exact) mass is 510 g/mol. The van der Waals surface area contributed by atoms with Gasteiger partial charge in [0, 0.05) is 49.4 Å². The summed E-state index contributed by atoms with van der Waals surface area (Å²) in [4.78, 5) is 29.8. The summed E-state index contributed by atoms with van der Waals surface area (Å²) in [5.74, 6) is -0.852. The van der Waals surface area contributed by atoms with Crippen molar-refractivity contribution in [2.45, 2.75) is 0 Å². The highest BCUT2D eigenvalue weighted by Gasteiger charge is 2.42. The predicted molar refractivity (Wildman–Crippen MR) is 132 cm³/mol. The predicted octanol–water partition coefficient (Wildman–Crippen LogP) is 4.81. The molecule has 0 saturated carbocycles. The maximum absolute atomic E-state index is 13.1. The van der Waals surface area contributed by atoms with Crippen molar-refractivity contribution in [3.63, 3.8) is 0 Å². The second-order valence-corrected chi connectivity index (χ2v) is 9.45. The lowest BCUT2D eigenvalue weighted by Crippen LogP contribution is -2.23. The lowest BCUT2D eigenvalue weighted by atomic mass is 10.00. The maximum atomic E-state index is 13.1. The first kappa shape index (κ1) is 22.8. The summed E-state index contributed by atoms with van der Waals surface area (Å²) < 4.78 is 0. The molecule has 0 aromatic heterocycles. The van der Waals surface area contributed by atoms with E-state index in [1.54, 1.807) is 34.1 Å². The third-order valence-electron chi connectivity index (χ3n) is 5.17. The largest absolute Gasteiger partial charge is 0.376 e. The molecule has 2 N–H and O–H groups in total. The number of hydrogen-bond acceptors (Lipinski definition) is 4. The number of nitrogens with one attached hydrogen (secondary N) is 2. The van der Waals surface area contributed by atoms with Crippen LogP contribution in [-0.2, 0) is 9.59 Å². The van der Waals surface area contributed by atoms with Crippen molar-refractivity contribution in [1.82, 2.24) is 10.6 Å². The number of hydrogen-bond donors (Lipinski definition) is 2. The Morgan fingerprint density at radius 2 is 0.969 bits per heavy atom. The molecule has 2 heterocycles. The Labute approximate surface area is 205 Å².